The van der Waals surface area contributed by atoms with Gasteiger partial charge in [0, 0.05) is 11.9 Å². The maximum absolute atomic E-state index is 12.1. The number of alkyl halides is 1. The molecule has 0 bridgehead atoms. The second kappa shape index (κ2) is 20.5. The Morgan fingerprint density at radius 3 is 1.94 bits per heavy atom. The summed E-state index contributed by atoms with van der Waals surface area (Å²) in [6.45, 7) is 6.03. The SMILES string of the molecule is CCCCCCCCCCCCCCCCOCC1OCC1OC(=O)C(C)CCCBr. The van der Waals surface area contributed by atoms with Crippen LogP contribution < -0.4 is 0 Å². The van der Waals surface area contributed by atoms with Gasteiger partial charge in [-0.1, -0.05) is 113 Å². The number of carbonyl (C=O) groups excluding carboxylic acids is 1. The predicted octanol–water partition coefficient (Wildman–Crippen LogP) is 7.61. The summed E-state index contributed by atoms with van der Waals surface area (Å²) >= 11 is 3.40. The molecule has 0 aromatic carbocycles. The Morgan fingerprint density at radius 1 is 0.903 bits per heavy atom. The number of rotatable bonds is 22. The highest BCUT2D eigenvalue weighted by Gasteiger charge is 2.36. The molecule has 1 saturated heterocycles. The second-order valence-electron chi connectivity index (χ2n) is 9.25. The topological polar surface area (TPSA) is 44.8 Å². The predicted molar refractivity (Wildman–Crippen MR) is 133 cm³/mol. The van der Waals surface area contributed by atoms with Crippen molar-refractivity contribution in [1.29, 1.82) is 0 Å². The van der Waals surface area contributed by atoms with Crippen LogP contribution >= 0.6 is 15.9 Å². The zero-order chi connectivity index (χ0) is 22.6. The molecule has 184 valence electrons. The van der Waals surface area contributed by atoms with Gasteiger partial charge in [-0.25, -0.2) is 0 Å². The average molecular weight is 506 g/mol. The number of carbonyl (C=O) groups is 1. The standard InChI is InChI=1S/C26H49BrO4/c1-3-4-5-6-7-8-9-10-11-12-13-14-15-16-20-29-21-24-25(22-30-24)31-26(28)23(2)18-17-19-27/h23-25H,3-22H2,1-2H3. The first kappa shape index (κ1) is 28.9. The lowest BCUT2D eigenvalue weighted by Crippen LogP contribution is -2.50. The molecule has 0 spiro atoms. The Labute approximate surface area is 200 Å². The van der Waals surface area contributed by atoms with Crippen LogP contribution in [0.15, 0.2) is 0 Å². The lowest BCUT2D eigenvalue weighted by atomic mass is 10.0. The van der Waals surface area contributed by atoms with Crippen LogP contribution in [0.2, 0.25) is 0 Å². The smallest absolute Gasteiger partial charge is 0.309 e. The molecular formula is C26H49BrO4. The van der Waals surface area contributed by atoms with Crippen molar-refractivity contribution in [2.45, 2.75) is 129 Å². The molecule has 1 aliphatic rings. The van der Waals surface area contributed by atoms with Crippen LogP contribution in [0.5, 0.6) is 0 Å². The lowest BCUT2D eigenvalue weighted by molar-refractivity contribution is -0.212. The molecule has 1 heterocycles. The Bertz CT molecular complexity index is 418. The van der Waals surface area contributed by atoms with Gasteiger partial charge < -0.3 is 14.2 Å². The molecule has 0 amide bonds. The van der Waals surface area contributed by atoms with E-state index in [9.17, 15) is 4.79 Å². The number of hydrogen-bond donors (Lipinski definition) is 0. The van der Waals surface area contributed by atoms with E-state index < -0.39 is 0 Å². The molecule has 0 aromatic heterocycles. The average Bonchev–Trinajstić information content (AvgIpc) is 2.76. The maximum Gasteiger partial charge on any atom is 0.309 e. The molecule has 3 unspecified atom stereocenters. The van der Waals surface area contributed by atoms with Gasteiger partial charge in [0.25, 0.3) is 0 Å². The number of esters is 1. The third-order valence-electron chi connectivity index (χ3n) is 6.25. The largest absolute Gasteiger partial charge is 0.457 e. The van der Waals surface area contributed by atoms with E-state index in [1.807, 2.05) is 6.92 Å². The van der Waals surface area contributed by atoms with Gasteiger partial charge in [0.2, 0.25) is 0 Å². The van der Waals surface area contributed by atoms with Crippen molar-refractivity contribution in [1.82, 2.24) is 0 Å². The minimum absolute atomic E-state index is 0.0460. The first-order chi connectivity index (χ1) is 15.2. The molecule has 1 aliphatic heterocycles. The van der Waals surface area contributed by atoms with Crippen molar-refractivity contribution in [3.8, 4) is 0 Å². The molecule has 5 heteroatoms. The van der Waals surface area contributed by atoms with Crippen molar-refractivity contribution in [2.24, 2.45) is 5.92 Å². The molecule has 1 fully saturated rings. The minimum atomic E-state index is -0.129. The second-order valence-corrected chi connectivity index (χ2v) is 10.0. The van der Waals surface area contributed by atoms with E-state index in [1.54, 1.807) is 0 Å². The van der Waals surface area contributed by atoms with Gasteiger partial charge in [-0.15, -0.1) is 0 Å². The molecule has 4 nitrogen and oxygen atoms in total. The van der Waals surface area contributed by atoms with E-state index in [0.29, 0.717) is 13.2 Å². The number of unbranched alkanes of at least 4 members (excludes halogenated alkanes) is 13. The van der Waals surface area contributed by atoms with Gasteiger partial charge in [0.15, 0.2) is 6.10 Å². The van der Waals surface area contributed by atoms with Gasteiger partial charge in [-0.2, -0.15) is 0 Å². The summed E-state index contributed by atoms with van der Waals surface area (Å²) < 4.78 is 16.9. The first-order valence-electron chi connectivity index (χ1n) is 13.1. The van der Waals surface area contributed by atoms with Crippen LogP contribution in [0.3, 0.4) is 0 Å². The fourth-order valence-corrected chi connectivity index (χ4v) is 4.26. The Hall–Kier alpha value is -0.130. The Balaban J connectivity index is 1.83. The summed E-state index contributed by atoms with van der Waals surface area (Å²) in [4.78, 5) is 12.1. The molecule has 1 rings (SSSR count). The third kappa shape index (κ3) is 15.4. The molecule has 31 heavy (non-hydrogen) atoms. The molecular weight excluding hydrogens is 456 g/mol. The summed E-state index contributed by atoms with van der Waals surface area (Å²) in [7, 11) is 0. The highest BCUT2D eigenvalue weighted by Crippen LogP contribution is 2.20. The minimum Gasteiger partial charge on any atom is -0.457 e. The Morgan fingerprint density at radius 2 is 1.45 bits per heavy atom. The first-order valence-corrected chi connectivity index (χ1v) is 14.3. The summed E-state index contributed by atoms with van der Waals surface area (Å²) in [6.07, 6.45) is 20.8. The van der Waals surface area contributed by atoms with Crippen molar-refractivity contribution < 1.29 is 19.0 Å². The van der Waals surface area contributed by atoms with Gasteiger partial charge in [0.05, 0.1) is 19.1 Å². The molecule has 3 atom stereocenters. The number of halogens is 1. The van der Waals surface area contributed by atoms with E-state index in [0.717, 1.165) is 31.2 Å². The zero-order valence-corrected chi connectivity index (χ0v) is 22.0. The fourth-order valence-electron chi connectivity index (χ4n) is 3.94. The van der Waals surface area contributed by atoms with Crippen LogP contribution in [0.25, 0.3) is 0 Å². The van der Waals surface area contributed by atoms with E-state index in [-0.39, 0.29) is 24.1 Å². The van der Waals surface area contributed by atoms with Gasteiger partial charge in [-0.3, -0.25) is 4.79 Å². The van der Waals surface area contributed by atoms with Crippen LogP contribution in [-0.2, 0) is 19.0 Å². The van der Waals surface area contributed by atoms with E-state index >= 15 is 0 Å². The van der Waals surface area contributed by atoms with Crippen molar-refractivity contribution in [3.63, 3.8) is 0 Å². The molecule has 0 radical (unpaired) electrons. The molecule has 0 saturated carbocycles. The third-order valence-corrected chi connectivity index (χ3v) is 6.81. The maximum atomic E-state index is 12.1. The monoisotopic (exact) mass is 504 g/mol. The zero-order valence-electron chi connectivity index (χ0n) is 20.4. The summed E-state index contributed by atoms with van der Waals surface area (Å²) in [5.41, 5.74) is 0. The molecule has 0 N–H and O–H groups in total. The van der Waals surface area contributed by atoms with Crippen LogP contribution in [0.1, 0.15) is 117 Å². The van der Waals surface area contributed by atoms with Gasteiger partial charge >= 0.3 is 5.97 Å². The molecule has 0 aromatic rings. The highest BCUT2D eigenvalue weighted by molar-refractivity contribution is 9.09. The van der Waals surface area contributed by atoms with E-state index in [1.165, 1.54) is 83.5 Å². The molecule has 0 aliphatic carbocycles. The van der Waals surface area contributed by atoms with Crippen molar-refractivity contribution in [2.75, 3.05) is 25.2 Å². The number of ether oxygens (including phenoxy) is 3. The summed E-state index contributed by atoms with van der Waals surface area (Å²) in [6, 6.07) is 0. The lowest BCUT2D eigenvalue weighted by Gasteiger charge is -2.36. The van der Waals surface area contributed by atoms with Gasteiger partial charge in [0.1, 0.15) is 6.10 Å². The number of hydrogen-bond acceptors (Lipinski definition) is 4. The van der Waals surface area contributed by atoms with Crippen molar-refractivity contribution in [3.05, 3.63) is 0 Å². The summed E-state index contributed by atoms with van der Waals surface area (Å²) in [5, 5.41) is 0.923. The fraction of sp³-hybridized carbons (Fsp3) is 0.962. The normalized spacial score (nSPS) is 19.2. The Kier molecular flexibility index (Phi) is 19.1. The van der Waals surface area contributed by atoms with Gasteiger partial charge in [-0.05, 0) is 19.3 Å². The van der Waals surface area contributed by atoms with Crippen LogP contribution in [0, 0.1) is 5.92 Å². The van der Waals surface area contributed by atoms with E-state index in [2.05, 4.69) is 22.9 Å². The van der Waals surface area contributed by atoms with E-state index in [4.69, 9.17) is 14.2 Å². The highest BCUT2D eigenvalue weighted by atomic mass is 79.9. The van der Waals surface area contributed by atoms with Crippen LogP contribution in [0.4, 0.5) is 0 Å². The van der Waals surface area contributed by atoms with Crippen LogP contribution in [-0.4, -0.2) is 43.3 Å². The quantitative estimate of drug-likeness (QED) is 0.0863. The van der Waals surface area contributed by atoms with Crippen molar-refractivity contribution >= 4 is 21.9 Å². The summed E-state index contributed by atoms with van der Waals surface area (Å²) in [5.74, 6) is -0.151.